The standard InChI is InChI=1S/C21H24N2O3/c1-3-15-11-17-12-18(26-2)9-10-19(17)23(14-15)20(24)13-22-21(25)16-7-5-4-6-8-16/h4-10,12,15H,3,11,13-14H2,1-2H3,(H,22,25). The summed E-state index contributed by atoms with van der Waals surface area (Å²) in [7, 11) is 1.64. The second-order valence-corrected chi connectivity index (χ2v) is 6.53. The van der Waals surface area contributed by atoms with Crippen molar-refractivity contribution in [3.63, 3.8) is 0 Å². The molecule has 0 radical (unpaired) electrons. The lowest BCUT2D eigenvalue weighted by molar-refractivity contribution is -0.117. The van der Waals surface area contributed by atoms with Crippen LogP contribution in [0.4, 0.5) is 5.69 Å². The fraction of sp³-hybridized carbons (Fsp3) is 0.333. The van der Waals surface area contributed by atoms with Crippen molar-refractivity contribution in [3.05, 3.63) is 59.7 Å². The molecule has 3 rings (SSSR count). The third-order valence-electron chi connectivity index (χ3n) is 4.84. The van der Waals surface area contributed by atoms with Crippen molar-refractivity contribution in [2.45, 2.75) is 19.8 Å². The Balaban J connectivity index is 1.73. The number of carbonyl (C=O) groups is 2. The normalized spacial score (nSPS) is 15.9. The van der Waals surface area contributed by atoms with E-state index in [1.807, 2.05) is 24.3 Å². The Bertz CT molecular complexity index is 789. The van der Waals surface area contributed by atoms with Crippen LogP contribution in [-0.4, -0.2) is 32.0 Å². The Morgan fingerprint density at radius 2 is 1.96 bits per heavy atom. The SMILES string of the molecule is CCC1Cc2cc(OC)ccc2N(C(=O)CNC(=O)c2ccccc2)C1. The van der Waals surface area contributed by atoms with Crippen molar-refractivity contribution in [2.75, 3.05) is 25.1 Å². The number of methoxy groups -OCH3 is 1. The second-order valence-electron chi connectivity index (χ2n) is 6.53. The molecule has 0 saturated heterocycles. The van der Waals surface area contributed by atoms with Gasteiger partial charge in [-0.1, -0.05) is 31.5 Å². The van der Waals surface area contributed by atoms with Crippen LogP contribution in [-0.2, 0) is 11.2 Å². The number of carbonyl (C=O) groups excluding carboxylic acids is 2. The van der Waals surface area contributed by atoms with Crippen LogP contribution in [0, 0.1) is 5.92 Å². The Morgan fingerprint density at radius 3 is 2.65 bits per heavy atom. The lowest BCUT2D eigenvalue weighted by Gasteiger charge is -2.34. The molecular weight excluding hydrogens is 328 g/mol. The molecule has 2 amide bonds. The predicted molar refractivity (Wildman–Crippen MR) is 102 cm³/mol. The average molecular weight is 352 g/mol. The molecule has 0 bridgehead atoms. The van der Waals surface area contributed by atoms with Gasteiger partial charge in [0.15, 0.2) is 0 Å². The first-order valence-electron chi connectivity index (χ1n) is 8.93. The Morgan fingerprint density at radius 1 is 1.19 bits per heavy atom. The minimum Gasteiger partial charge on any atom is -0.497 e. The molecule has 5 heteroatoms. The average Bonchev–Trinajstić information content (AvgIpc) is 2.70. The third kappa shape index (κ3) is 3.87. The molecule has 0 fully saturated rings. The molecule has 5 nitrogen and oxygen atoms in total. The number of fused-ring (bicyclic) bond motifs is 1. The monoisotopic (exact) mass is 352 g/mol. The van der Waals surface area contributed by atoms with E-state index in [0.29, 0.717) is 18.0 Å². The first-order valence-corrected chi connectivity index (χ1v) is 8.93. The van der Waals surface area contributed by atoms with Crippen LogP contribution in [0.3, 0.4) is 0 Å². The molecule has 2 aromatic carbocycles. The highest BCUT2D eigenvalue weighted by Gasteiger charge is 2.28. The summed E-state index contributed by atoms with van der Waals surface area (Å²) in [5, 5.41) is 2.73. The maximum Gasteiger partial charge on any atom is 0.251 e. The van der Waals surface area contributed by atoms with Gasteiger partial charge in [-0.05, 0) is 48.2 Å². The van der Waals surface area contributed by atoms with Gasteiger partial charge in [-0.2, -0.15) is 0 Å². The van der Waals surface area contributed by atoms with Crippen LogP contribution >= 0.6 is 0 Å². The fourth-order valence-corrected chi connectivity index (χ4v) is 3.30. The lowest BCUT2D eigenvalue weighted by Crippen LogP contribution is -2.45. The van der Waals surface area contributed by atoms with Gasteiger partial charge < -0.3 is 15.0 Å². The zero-order chi connectivity index (χ0) is 18.5. The van der Waals surface area contributed by atoms with Gasteiger partial charge in [0.25, 0.3) is 5.91 Å². The van der Waals surface area contributed by atoms with Gasteiger partial charge in [-0.25, -0.2) is 0 Å². The van der Waals surface area contributed by atoms with Gasteiger partial charge in [-0.3, -0.25) is 9.59 Å². The summed E-state index contributed by atoms with van der Waals surface area (Å²) >= 11 is 0. The largest absolute Gasteiger partial charge is 0.497 e. The number of anilines is 1. The molecular formula is C21H24N2O3. The van der Waals surface area contributed by atoms with E-state index in [9.17, 15) is 9.59 Å². The second kappa shape index (κ2) is 8.04. The number of amides is 2. The molecule has 1 aliphatic rings. The maximum absolute atomic E-state index is 12.8. The highest BCUT2D eigenvalue weighted by molar-refractivity contribution is 6.01. The van der Waals surface area contributed by atoms with Crippen molar-refractivity contribution in [2.24, 2.45) is 5.92 Å². The predicted octanol–water partition coefficient (Wildman–Crippen LogP) is 3.04. The molecule has 26 heavy (non-hydrogen) atoms. The summed E-state index contributed by atoms with van der Waals surface area (Å²) in [6.45, 7) is 2.79. The van der Waals surface area contributed by atoms with Gasteiger partial charge in [0.05, 0.1) is 13.7 Å². The molecule has 0 aromatic heterocycles. The number of rotatable bonds is 5. The molecule has 136 valence electrons. The van der Waals surface area contributed by atoms with Gasteiger partial charge in [-0.15, -0.1) is 0 Å². The smallest absolute Gasteiger partial charge is 0.251 e. The van der Waals surface area contributed by atoms with Crippen LogP contribution in [0.2, 0.25) is 0 Å². The molecule has 1 atom stereocenters. The van der Waals surface area contributed by atoms with E-state index in [2.05, 4.69) is 12.2 Å². The van der Waals surface area contributed by atoms with Gasteiger partial charge >= 0.3 is 0 Å². The first kappa shape index (κ1) is 18.0. The first-order chi connectivity index (χ1) is 12.6. The molecule has 0 aliphatic carbocycles. The number of benzene rings is 2. The molecule has 0 spiro atoms. The molecule has 1 heterocycles. The summed E-state index contributed by atoms with van der Waals surface area (Å²) < 4.78 is 5.31. The van der Waals surface area contributed by atoms with Crippen LogP contribution in [0.5, 0.6) is 5.75 Å². The summed E-state index contributed by atoms with van der Waals surface area (Å²) in [6.07, 6.45) is 1.93. The van der Waals surface area contributed by atoms with Gasteiger partial charge in [0.2, 0.25) is 5.91 Å². The van der Waals surface area contributed by atoms with Crippen molar-refractivity contribution < 1.29 is 14.3 Å². The lowest BCUT2D eigenvalue weighted by atomic mass is 9.90. The van der Waals surface area contributed by atoms with Gasteiger partial charge in [0.1, 0.15) is 5.75 Å². The number of hydrogen-bond acceptors (Lipinski definition) is 3. The molecule has 1 unspecified atom stereocenters. The van der Waals surface area contributed by atoms with Crippen LogP contribution < -0.4 is 15.0 Å². The Kier molecular flexibility index (Phi) is 5.56. The fourth-order valence-electron chi connectivity index (χ4n) is 3.30. The Hall–Kier alpha value is -2.82. The minimum atomic E-state index is -0.238. The summed E-state index contributed by atoms with van der Waals surface area (Å²) in [6, 6.07) is 14.7. The number of ether oxygens (including phenoxy) is 1. The third-order valence-corrected chi connectivity index (χ3v) is 4.84. The zero-order valence-corrected chi connectivity index (χ0v) is 15.2. The summed E-state index contributed by atoms with van der Waals surface area (Å²) in [5.41, 5.74) is 2.58. The van der Waals surface area contributed by atoms with E-state index >= 15 is 0 Å². The molecule has 0 saturated carbocycles. The molecule has 1 aliphatic heterocycles. The zero-order valence-electron chi connectivity index (χ0n) is 15.2. The number of nitrogens with one attached hydrogen (secondary N) is 1. The van der Waals surface area contributed by atoms with Crippen molar-refractivity contribution >= 4 is 17.5 Å². The maximum atomic E-state index is 12.8. The van der Waals surface area contributed by atoms with E-state index in [1.165, 1.54) is 0 Å². The van der Waals surface area contributed by atoms with E-state index in [4.69, 9.17) is 4.74 Å². The van der Waals surface area contributed by atoms with Crippen LogP contribution in [0.15, 0.2) is 48.5 Å². The van der Waals surface area contributed by atoms with Crippen molar-refractivity contribution in [1.29, 1.82) is 0 Å². The van der Waals surface area contributed by atoms with E-state index in [0.717, 1.165) is 29.8 Å². The van der Waals surface area contributed by atoms with Crippen LogP contribution in [0.1, 0.15) is 29.3 Å². The van der Waals surface area contributed by atoms with Crippen LogP contribution in [0.25, 0.3) is 0 Å². The quantitative estimate of drug-likeness (QED) is 0.900. The van der Waals surface area contributed by atoms with E-state index in [-0.39, 0.29) is 18.4 Å². The van der Waals surface area contributed by atoms with E-state index in [1.54, 1.807) is 36.3 Å². The van der Waals surface area contributed by atoms with Crippen molar-refractivity contribution in [1.82, 2.24) is 5.32 Å². The molecule has 2 aromatic rings. The van der Waals surface area contributed by atoms with Gasteiger partial charge in [0, 0.05) is 17.8 Å². The summed E-state index contributed by atoms with van der Waals surface area (Å²) in [4.78, 5) is 26.8. The number of nitrogens with zero attached hydrogens (tertiary/aromatic N) is 1. The highest BCUT2D eigenvalue weighted by Crippen LogP contribution is 2.33. The number of hydrogen-bond donors (Lipinski definition) is 1. The summed E-state index contributed by atoms with van der Waals surface area (Å²) in [5.74, 6) is 0.866. The topological polar surface area (TPSA) is 58.6 Å². The Labute approximate surface area is 154 Å². The molecule has 1 N–H and O–H groups in total. The van der Waals surface area contributed by atoms with Crippen molar-refractivity contribution in [3.8, 4) is 5.75 Å². The highest BCUT2D eigenvalue weighted by atomic mass is 16.5. The minimum absolute atomic E-state index is 0.0182. The van der Waals surface area contributed by atoms with E-state index < -0.39 is 0 Å².